The van der Waals surface area contributed by atoms with Crippen LogP contribution in [0.2, 0.25) is 0 Å². The van der Waals surface area contributed by atoms with E-state index < -0.39 is 0 Å². The topological polar surface area (TPSA) is 58.5 Å². The van der Waals surface area contributed by atoms with Gasteiger partial charge in [0.05, 0.1) is 11.9 Å². The highest BCUT2D eigenvalue weighted by atomic mass is 15.2. The molecule has 2 N–H and O–H groups in total. The van der Waals surface area contributed by atoms with Crippen LogP contribution in [0, 0.1) is 0 Å². The van der Waals surface area contributed by atoms with Crippen molar-refractivity contribution in [2.45, 2.75) is 13.1 Å². The highest BCUT2D eigenvalue weighted by Gasteiger charge is 2.00. The summed E-state index contributed by atoms with van der Waals surface area (Å²) in [5.41, 5.74) is 4.65. The normalized spacial score (nSPS) is 10.8. The minimum absolute atomic E-state index is 0.830. The van der Waals surface area contributed by atoms with E-state index in [-0.39, 0.29) is 0 Å². The van der Waals surface area contributed by atoms with Crippen LogP contribution in [0.1, 0.15) is 11.1 Å². The number of aromatic amines is 1. The average Bonchev–Trinajstić information content (AvgIpc) is 3.11. The number of rotatable bonds is 5. The number of benzene rings is 1. The molecule has 20 heavy (non-hydrogen) atoms. The molecule has 0 amide bonds. The zero-order chi connectivity index (χ0) is 13.8. The molecule has 0 aliphatic carbocycles. The number of hydrogen-bond acceptors (Lipinski definition) is 3. The quantitative estimate of drug-likeness (QED) is 0.744. The first kappa shape index (κ1) is 12.6. The van der Waals surface area contributed by atoms with Crippen LogP contribution in [-0.2, 0) is 20.1 Å². The van der Waals surface area contributed by atoms with Crippen LogP contribution in [0.3, 0.4) is 0 Å². The van der Waals surface area contributed by atoms with Gasteiger partial charge in [-0.05, 0) is 17.2 Å². The van der Waals surface area contributed by atoms with E-state index in [1.807, 2.05) is 30.2 Å². The standard InChI is InChI=1S/C15H17N5/c1-20-11-13(10-18-20)9-16-8-12-2-4-14(5-3-12)15-6-7-17-19-15/h2-7,10-11,16H,8-9H2,1H3,(H,17,19). The predicted octanol–water partition coefficient (Wildman–Crippen LogP) is 2.10. The van der Waals surface area contributed by atoms with Gasteiger partial charge in [-0.1, -0.05) is 24.3 Å². The van der Waals surface area contributed by atoms with Crippen LogP contribution in [0.5, 0.6) is 0 Å². The molecule has 0 saturated heterocycles. The van der Waals surface area contributed by atoms with E-state index in [2.05, 4.69) is 44.9 Å². The largest absolute Gasteiger partial charge is 0.309 e. The first-order valence-corrected chi connectivity index (χ1v) is 6.58. The highest BCUT2D eigenvalue weighted by Crippen LogP contribution is 2.16. The third kappa shape index (κ3) is 2.95. The summed E-state index contributed by atoms with van der Waals surface area (Å²) in [6.45, 7) is 1.67. The van der Waals surface area contributed by atoms with Crippen molar-refractivity contribution < 1.29 is 0 Å². The summed E-state index contributed by atoms with van der Waals surface area (Å²) in [6, 6.07) is 10.4. The van der Waals surface area contributed by atoms with E-state index in [4.69, 9.17) is 0 Å². The van der Waals surface area contributed by atoms with Gasteiger partial charge in [-0.15, -0.1) is 0 Å². The Kier molecular flexibility index (Phi) is 3.60. The van der Waals surface area contributed by atoms with Crippen molar-refractivity contribution in [3.8, 4) is 11.3 Å². The number of aromatic nitrogens is 4. The molecule has 1 aromatic carbocycles. The lowest BCUT2D eigenvalue weighted by Crippen LogP contribution is -2.12. The zero-order valence-corrected chi connectivity index (χ0v) is 11.4. The molecular weight excluding hydrogens is 250 g/mol. The first-order chi connectivity index (χ1) is 9.81. The monoisotopic (exact) mass is 267 g/mol. The van der Waals surface area contributed by atoms with E-state index in [0.717, 1.165) is 24.3 Å². The molecule has 2 heterocycles. The summed E-state index contributed by atoms with van der Waals surface area (Å²) in [7, 11) is 1.93. The molecule has 3 aromatic rings. The average molecular weight is 267 g/mol. The summed E-state index contributed by atoms with van der Waals surface area (Å²) in [5, 5.41) is 14.5. The molecule has 0 spiro atoms. The number of hydrogen-bond donors (Lipinski definition) is 2. The van der Waals surface area contributed by atoms with Crippen LogP contribution < -0.4 is 5.32 Å². The first-order valence-electron chi connectivity index (χ1n) is 6.58. The Balaban J connectivity index is 1.56. The van der Waals surface area contributed by atoms with Crippen molar-refractivity contribution in [2.75, 3.05) is 0 Å². The molecule has 0 unspecified atom stereocenters. The lowest BCUT2D eigenvalue weighted by Gasteiger charge is -2.04. The Bertz CT molecular complexity index is 652. The van der Waals surface area contributed by atoms with E-state index in [9.17, 15) is 0 Å². The second kappa shape index (κ2) is 5.71. The van der Waals surface area contributed by atoms with Gasteiger partial charge in [-0.3, -0.25) is 9.78 Å². The van der Waals surface area contributed by atoms with Gasteiger partial charge >= 0.3 is 0 Å². The molecule has 5 heteroatoms. The highest BCUT2D eigenvalue weighted by molar-refractivity contribution is 5.58. The van der Waals surface area contributed by atoms with Gasteiger partial charge in [0.1, 0.15) is 0 Å². The molecular formula is C15H17N5. The van der Waals surface area contributed by atoms with E-state index in [1.165, 1.54) is 11.1 Å². The summed E-state index contributed by atoms with van der Waals surface area (Å²) < 4.78 is 1.82. The fraction of sp³-hybridized carbons (Fsp3) is 0.200. The Labute approximate surface area is 117 Å². The van der Waals surface area contributed by atoms with Crippen LogP contribution >= 0.6 is 0 Å². The maximum Gasteiger partial charge on any atom is 0.0650 e. The van der Waals surface area contributed by atoms with Crippen molar-refractivity contribution in [2.24, 2.45) is 7.05 Å². The van der Waals surface area contributed by atoms with E-state index in [0.29, 0.717) is 0 Å². The fourth-order valence-electron chi connectivity index (χ4n) is 2.13. The molecule has 3 rings (SSSR count). The molecule has 5 nitrogen and oxygen atoms in total. The van der Waals surface area contributed by atoms with Gasteiger partial charge in [0.25, 0.3) is 0 Å². The van der Waals surface area contributed by atoms with Crippen LogP contribution in [0.15, 0.2) is 48.9 Å². The van der Waals surface area contributed by atoms with Gasteiger partial charge < -0.3 is 5.32 Å². The Hall–Kier alpha value is -2.40. The van der Waals surface area contributed by atoms with Crippen molar-refractivity contribution in [3.05, 3.63) is 60.0 Å². The van der Waals surface area contributed by atoms with Gasteiger partial charge in [-0.25, -0.2) is 0 Å². The molecule has 0 saturated carbocycles. The molecule has 0 radical (unpaired) electrons. The van der Waals surface area contributed by atoms with E-state index in [1.54, 1.807) is 6.20 Å². The summed E-state index contributed by atoms with van der Waals surface area (Å²) in [4.78, 5) is 0. The zero-order valence-electron chi connectivity index (χ0n) is 11.4. The molecule has 2 aromatic heterocycles. The lowest BCUT2D eigenvalue weighted by atomic mass is 10.1. The van der Waals surface area contributed by atoms with Crippen LogP contribution in [0.25, 0.3) is 11.3 Å². The molecule has 0 atom stereocenters. The van der Waals surface area contributed by atoms with Crippen molar-refractivity contribution >= 4 is 0 Å². The van der Waals surface area contributed by atoms with Crippen molar-refractivity contribution in [1.29, 1.82) is 0 Å². The number of nitrogens with zero attached hydrogens (tertiary/aromatic N) is 3. The Morgan fingerprint density at radius 1 is 1.10 bits per heavy atom. The Morgan fingerprint density at radius 2 is 1.90 bits per heavy atom. The maximum absolute atomic E-state index is 4.15. The number of nitrogens with one attached hydrogen (secondary N) is 2. The van der Waals surface area contributed by atoms with Gasteiger partial charge in [-0.2, -0.15) is 10.2 Å². The minimum Gasteiger partial charge on any atom is -0.309 e. The van der Waals surface area contributed by atoms with Gasteiger partial charge in [0.15, 0.2) is 0 Å². The van der Waals surface area contributed by atoms with Crippen LogP contribution in [0.4, 0.5) is 0 Å². The Morgan fingerprint density at radius 3 is 2.55 bits per heavy atom. The molecule has 0 aliphatic rings. The van der Waals surface area contributed by atoms with Gasteiger partial charge in [0.2, 0.25) is 0 Å². The third-order valence-corrected chi connectivity index (χ3v) is 3.18. The predicted molar refractivity (Wildman–Crippen MR) is 77.8 cm³/mol. The summed E-state index contributed by atoms with van der Waals surface area (Å²) in [5.74, 6) is 0. The van der Waals surface area contributed by atoms with E-state index >= 15 is 0 Å². The molecule has 0 bridgehead atoms. The fourth-order valence-corrected chi connectivity index (χ4v) is 2.13. The second-order valence-corrected chi connectivity index (χ2v) is 4.79. The summed E-state index contributed by atoms with van der Waals surface area (Å²) in [6.07, 6.45) is 5.67. The summed E-state index contributed by atoms with van der Waals surface area (Å²) >= 11 is 0. The van der Waals surface area contributed by atoms with Crippen molar-refractivity contribution in [1.82, 2.24) is 25.3 Å². The molecule has 0 aliphatic heterocycles. The second-order valence-electron chi connectivity index (χ2n) is 4.79. The number of aryl methyl sites for hydroxylation is 1. The van der Waals surface area contributed by atoms with Crippen molar-refractivity contribution in [3.63, 3.8) is 0 Å². The molecule has 102 valence electrons. The number of H-pyrrole nitrogens is 1. The lowest BCUT2D eigenvalue weighted by molar-refractivity contribution is 0.692. The smallest absolute Gasteiger partial charge is 0.0650 e. The minimum atomic E-state index is 0.830. The molecule has 0 fully saturated rings. The SMILES string of the molecule is Cn1cc(CNCc2ccc(-c3ccn[nH]3)cc2)cn1. The van der Waals surface area contributed by atoms with Gasteiger partial charge in [0, 0.05) is 38.1 Å². The maximum atomic E-state index is 4.15. The van der Waals surface area contributed by atoms with Crippen LogP contribution in [-0.4, -0.2) is 20.0 Å². The third-order valence-electron chi connectivity index (χ3n) is 3.18.